The van der Waals surface area contributed by atoms with Crippen molar-refractivity contribution in [2.24, 2.45) is 0 Å². The number of carbonyl (C=O) groups excluding carboxylic acids is 1. The van der Waals surface area contributed by atoms with Crippen LogP contribution < -0.4 is 11.1 Å². The number of rotatable bonds is 4. The molecule has 3 rings (SSSR count). The van der Waals surface area contributed by atoms with Crippen molar-refractivity contribution in [2.75, 3.05) is 11.1 Å². The summed E-state index contributed by atoms with van der Waals surface area (Å²) in [6.45, 7) is 0. The Kier molecular flexibility index (Phi) is 5.95. The van der Waals surface area contributed by atoms with Crippen molar-refractivity contribution in [3.8, 4) is 0 Å². The Bertz CT molecular complexity index is 970. The molecule has 3 N–H and O–H groups in total. The summed E-state index contributed by atoms with van der Waals surface area (Å²) >= 11 is 25.5. The first-order valence-corrected chi connectivity index (χ1v) is 9.67. The number of nitrogens with one attached hydrogen (secondary N) is 1. The maximum atomic E-state index is 12.4. The minimum Gasteiger partial charge on any atom is -0.397 e. The molecule has 0 radical (unpaired) electrons. The number of thiazole rings is 1. The number of aromatic nitrogens is 1. The van der Waals surface area contributed by atoms with Crippen molar-refractivity contribution in [3.05, 3.63) is 72.1 Å². The SMILES string of the molecule is Nc1cc(Cl)c(Cl)cc1NC(=O)c1csc(Cc2c(Cl)cccc2Cl)n1. The van der Waals surface area contributed by atoms with E-state index in [2.05, 4.69) is 10.3 Å². The molecule has 1 aromatic heterocycles. The number of halogens is 4. The Morgan fingerprint density at radius 3 is 2.42 bits per heavy atom. The molecular weight excluding hydrogens is 436 g/mol. The Hall–Kier alpha value is -1.50. The van der Waals surface area contributed by atoms with Gasteiger partial charge in [0, 0.05) is 21.8 Å². The van der Waals surface area contributed by atoms with Crippen molar-refractivity contribution < 1.29 is 4.79 Å². The zero-order valence-electron chi connectivity index (χ0n) is 13.0. The summed E-state index contributed by atoms with van der Waals surface area (Å²) in [7, 11) is 0. The van der Waals surface area contributed by atoms with Crippen LogP contribution in [0.1, 0.15) is 21.1 Å². The van der Waals surface area contributed by atoms with Gasteiger partial charge in [0.15, 0.2) is 0 Å². The fourth-order valence-corrected chi connectivity index (χ4v) is 3.86. The van der Waals surface area contributed by atoms with E-state index in [0.29, 0.717) is 42.9 Å². The molecule has 1 amide bonds. The van der Waals surface area contributed by atoms with Gasteiger partial charge < -0.3 is 11.1 Å². The van der Waals surface area contributed by atoms with Crippen LogP contribution >= 0.6 is 57.7 Å². The molecule has 0 aliphatic carbocycles. The van der Waals surface area contributed by atoms with Gasteiger partial charge in [-0.25, -0.2) is 4.98 Å². The van der Waals surface area contributed by atoms with Crippen LogP contribution in [0.2, 0.25) is 20.1 Å². The zero-order valence-corrected chi connectivity index (χ0v) is 16.9. The fraction of sp³-hybridized carbons (Fsp3) is 0.0588. The topological polar surface area (TPSA) is 68.0 Å². The zero-order chi connectivity index (χ0) is 18.8. The van der Waals surface area contributed by atoms with Crippen molar-refractivity contribution in [1.82, 2.24) is 4.98 Å². The van der Waals surface area contributed by atoms with Crippen LogP contribution in [0.25, 0.3) is 0 Å². The molecule has 0 aliphatic rings. The van der Waals surface area contributed by atoms with Gasteiger partial charge in [-0.2, -0.15) is 0 Å². The molecule has 4 nitrogen and oxygen atoms in total. The molecule has 134 valence electrons. The minimum atomic E-state index is -0.400. The lowest BCUT2D eigenvalue weighted by molar-refractivity contribution is 0.102. The maximum Gasteiger partial charge on any atom is 0.275 e. The number of carbonyl (C=O) groups is 1. The Morgan fingerprint density at radius 2 is 1.73 bits per heavy atom. The van der Waals surface area contributed by atoms with Gasteiger partial charge >= 0.3 is 0 Å². The van der Waals surface area contributed by atoms with E-state index in [0.717, 1.165) is 5.56 Å². The molecule has 26 heavy (non-hydrogen) atoms. The van der Waals surface area contributed by atoms with Gasteiger partial charge in [-0.3, -0.25) is 4.79 Å². The van der Waals surface area contributed by atoms with Gasteiger partial charge in [-0.15, -0.1) is 11.3 Å². The smallest absolute Gasteiger partial charge is 0.275 e. The molecule has 0 saturated heterocycles. The van der Waals surface area contributed by atoms with Crippen LogP contribution in [0.5, 0.6) is 0 Å². The summed E-state index contributed by atoms with van der Waals surface area (Å²) in [6.07, 6.45) is 0.436. The number of amides is 1. The van der Waals surface area contributed by atoms with Crippen molar-refractivity contribution in [1.29, 1.82) is 0 Å². The number of hydrogen-bond acceptors (Lipinski definition) is 4. The van der Waals surface area contributed by atoms with Gasteiger partial charge in [0.1, 0.15) is 5.69 Å². The lowest BCUT2D eigenvalue weighted by atomic mass is 10.1. The Balaban J connectivity index is 1.77. The van der Waals surface area contributed by atoms with E-state index in [1.54, 1.807) is 23.6 Å². The highest BCUT2D eigenvalue weighted by Gasteiger charge is 2.15. The predicted octanol–water partition coefficient (Wildman–Crippen LogP) is 6.18. The largest absolute Gasteiger partial charge is 0.397 e. The van der Waals surface area contributed by atoms with Gasteiger partial charge in [0.05, 0.1) is 26.4 Å². The number of nitrogens with two attached hydrogens (primary N) is 1. The molecule has 0 saturated carbocycles. The van der Waals surface area contributed by atoms with Crippen LogP contribution in [0.15, 0.2) is 35.7 Å². The summed E-state index contributed by atoms with van der Waals surface area (Å²) < 4.78 is 0. The quantitative estimate of drug-likeness (QED) is 0.470. The summed E-state index contributed by atoms with van der Waals surface area (Å²) in [6, 6.07) is 8.27. The number of benzene rings is 2. The summed E-state index contributed by atoms with van der Waals surface area (Å²) in [5, 5.41) is 6.78. The summed E-state index contributed by atoms with van der Waals surface area (Å²) in [5.41, 5.74) is 7.56. The van der Waals surface area contributed by atoms with E-state index in [1.807, 2.05) is 0 Å². The normalized spacial score (nSPS) is 10.8. The second kappa shape index (κ2) is 8.03. The average Bonchev–Trinajstić information content (AvgIpc) is 3.05. The summed E-state index contributed by atoms with van der Waals surface area (Å²) in [4.78, 5) is 16.8. The molecule has 0 unspecified atom stereocenters. The van der Waals surface area contributed by atoms with E-state index >= 15 is 0 Å². The van der Waals surface area contributed by atoms with E-state index < -0.39 is 5.91 Å². The molecule has 0 aliphatic heterocycles. The fourth-order valence-electron chi connectivity index (χ4n) is 2.21. The van der Waals surface area contributed by atoms with E-state index in [4.69, 9.17) is 52.1 Å². The predicted molar refractivity (Wildman–Crippen MR) is 110 cm³/mol. The monoisotopic (exact) mass is 445 g/mol. The first-order chi connectivity index (χ1) is 12.3. The molecule has 1 heterocycles. The number of nitrogen functional groups attached to an aromatic ring is 1. The van der Waals surface area contributed by atoms with E-state index in [-0.39, 0.29) is 5.69 Å². The Labute approximate surface area is 173 Å². The molecular formula is C17H11Cl4N3OS. The molecule has 3 aromatic rings. The molecule has 0 bridgehead atoms. The molecule has 2 aromatic carbocycles. The second-order valence-corrected chi connectivity index (χ2v) is 7.88. The third-order valence-corrected chi connectivity index (χ3v) is 5.79. The van der Waals surface area contributed by atoms with Gasteiger partial charge in [-0.1, -0.05) is 52.5 Å². The average molecular weight is 447 g/mol. The highest BCUT2D eigenvalue weighted by atomic mass is 35.5. The third-order valence-electron chi connectivity index (χ3n) is 3.51. The lowest BCUT2D eigenvalue weighted by Crippen LogP contribution is -2.13. The number of hydrogen-bond donors (Lipinski definition) is 2. The van der Waals surface area contributed by atoms with Crippen LogP contribution in [-0.2, 0) is 6.42 Å². The van der Waals surface area contributed by atoms with E-state index in [9.17, 15) is 4.79 Å². The number of anilines is 2. The first kappa shape index (κ1) is 19.3. The second-order valence-electron chi connectivity index (χ2n) is 5.31. The highest BCUT2D eigenvalue weighted by molar-refractivity contribution is 7.09. The molecule has 0 atom stereocenters. The maximum absolute atomic E-state index is 12.4. The van der Waals surface area contributed by atoms with Crippen molar-refractivity contribution >= 4 is 75.0 Å². The van der Waals surface area contributed by atoms with Crippen LogP contribution in [0.3, 0.4) is 0 Å². The van der Waals surface area contributed by atoms with Gasteiger partial charge in [-0.05, 0) is 29.8 Å². The van der Waals surface area contributed by atoms with Crippen molar-refractivity contribution in [3.63, 3.8) is 0 Å². The van der Waals surface area contributed by atoms with Gasteiger partial charge in [0.2, 0.25) is 0 Å². The molecule has 9 heteroatoms. The van der Waals surface area contributed by atoms with Crippen molar-refractivity contribution in [2.45, 2.75) is 6.42 Å². The number of nitrogens with zero attached hydrogens (tertiary/aromatic N) is 1. The van der Waals surface area contributed by atoms with Crippen LogP contribution in [0, 0.1) is 0 Å². The van der Waals surface area contributed by atoms with Crippen LogP contribution in [-0.4, -0.2) is 10.9 Å². The molecule has 0 spiro atoms. The molecule has 0 fully saturated rings. The minimum absolute atomic E-state index is 0.263. The standard InChI is InChI=1S/C17H11Cl4N3OS/c18-9-2-1-3-10(19)8(9)4-16-23-15(7-26-16)17(25)24-14-6-12(21)11(20)5-13(14)22/h1-3,5-7H,4,22H2,(H,24,25). The summed E-state index contributed by atoms with van der Waals surface area (Å²) in [5.74, 6) is -0.400. The lowest BCUT2D eigenvalue weighted by Gasteiger charge is -2.08. The Morgan fingerprint density at radius 1 is 1.08 bits per heavy atom. The van der Waals surface area contributed by atoms with E-state index in [1.165, 1.54) is 23.5 Å². The van der Waals surface area contributed by atoms with Crippen LogP contribution in [0.4, 0.5) is 11.4 Å². The highest BCUT2D eigenvalue weighted by Crippen LogP contribution is 2.31. The first-order valence-electron chi connectivity index (χ1n) is 7.28. The third kappa shape index (κ3) is 4.24. The van der Waals surface area contributed by atoms with Gasteiger partial charge in [0.25, 0.3) is 5.91 Å².